The van der Waals surface area contributed by atoms with Crippen LogP contribution in [0.15, 0.2) is 12.3 Å². The van der Waals surface area contributed by atoms with E-state index in [4.69, 9.17) is 5.11 Å². The van der Waals surface area contributed by atoms with E-state index in [9.17, 15) is 14.4 Å². The summed E-state index contributed by atoms with van der Waals surface area (Å²) >= 11 is 0. The first-order valence-corrected chi connectivity index (χ1v) is 4.05. The molecule has 0 aliphatic heterocycles. The molecule has 0 saturated heterocycles. The van der Waals surface area contributed by atoms with Crippen LogP contribution in [0, 0.1) is 17.9 Å². The van der Waals surface area contributed by atoms with Gasteiger partial charge in [0.15, 0.2) is 12.0 Å². The molecular formula is C9H10FNO3. The van der Waals surface area contributed by atoms with Gasteiger partial charge in [0.1, 0.15) is 0 Å². The van der Waals surface area contributed by atoms with Crippen LogP contribution in [0.5, 0.6) is 0 Å². The van der Waals surface area contributed by atoms with E-state index in [1.54, 1.807) is 0 Å². The van der Waals surface area contributed by atoms with Crippen LogP contribution in [-0.4, -0.2) is 11.1 Å². The summed E-state index contributed by atoms with van der Waals surface area (Å²) in [5.41, 5.74) is 0.0990. The molecule has 1 unspecified atom stereocenters. The van der Waals surface area contributed by atoms with Crippen molar-refractivity contribution in [2.24, 2.45) is 0 Å². The van der Waals surface area contributed by atoms with Crippen LogP contribution in [0.2, 0.25) is 0 Å². The molecule has 0 aliphatic carbocycles. The third-order valence-electron chi connectivity index (χ3n) is 2.11. The summed E-state index contributed by atoms with van der Waals surface area (Å²) in [6.45, 7) is 2.73. The minimum Gasteiger partial charge on any atom is -0.618 e. The summed E-state index contributed by atoms with van der Waals surface area (Å²) in [4.78, 5) is 10.6. The van der Waals surface area contributed by atoms with E-state index in [1.807, 2.05) is 0 Å². The fraction of sp³-hybridized carbons (Fsp3) is 0.333. The molecule has 1 heterocycles. The van der Waals surface area contributed by atoms with E-state index >= 15 is 0 Å². The van der Waals surface area contributed by atoms with Crippen LogP contribution in [0.4, 0.5) is 4.39 Å². The highest BCUT2D eigenvalue weighted by Crippen LogP contribution is 2.15. The van der Waals surface area contributed by atoms with E-state index in [0.717, 1.165) is 12.3 Å². The van der Waals surface area contributed by atoms with Crippen molar-refractivity contribution in [1.82, 2.24) is 0 Å². The Bertz CT molecular complexity index is 355. The Morgan fingerprint density at radius 1 is 1.71 bits per heavy atom. The van der Waals surface area contributed by atoms with E-state index in [-0.39, 0.29) is 11.3 Å². The first kappa shape index (κ1) is 10.4. The van der Waals surface area contributed by atoms with Crippen molar-refractivity contribution < 1.29 is 19.0 Å². The topological polar surface area (TPSA) is 64.2 Å². The Balaban J connectivity index is 3.19. The van der Waals surface area contributed by atoms with Gasteiger partial charge in [-0.3, -0.25) is 4.79 Å². The molecule has 1 aromatic rings. The van der Waals surface area contributed by atoms with Crippen LogP contribution < -0.4 is 4.73 Å². The van der Waals surface area contributed by atoms with Crippen molar-refractivity contribution in [2.45, 2.75) is 19.8 Å². The molecule has 0 bridgehead atoms. The number of rotatable bonds is 2. The van der Waals surface area contributed by atoms with Crippen molar-refractivity contribution in [3.8, 4) is 0 Å². The van der Waals surface area contributed by atoms with Gasteiger partial charge in [0.25, 0.3) is 0 Å². The molecule has 0 radical (unpaired) electrons. The highest BCUT2D eigenvalue weighted by atomic mass is 19.1. The highest BCUT2D eigenvalue weighted by Gasteiger charge is 2.19. The molecule has 76 valence electrons. The Morgan fingerprint density at radius 2 is 2.29 bits per heavy atom. The van der Waals surface area contributed by atoms with Crippen LogP contribution in [0.3, 0.4) is 0 Å². The van der Waals surface area contributed by atoms with Crippen molar-refractivity contribution in [3.05, 3.63) is 34.5 Å². The standard InChI is InChI=1S/C9H10FNO3/c1-5(9(12)13)7-3-8(10)6(2)11(14)4-7/h3-5H,1-2H3,(H,12,13). The normalized spacial score (nSPS) is 12.5. The van der Waals surface area contributed by atoms with Gasteiger partial charge < -0.3 is 10.3 Å². The Kier molecular flexibility index (Phi) is 2.69. The van der Waals surface area contributed by atoms with E-state index in [1.165, 1.54) is 13.8 Å². The summed E-state index contributed by atoms with van der Waals surface area (Å²) in [6, 6.07) is 1.07. The minimum atomic E-state index is -1.09. The summed E-state index contributed by atoms with van der Waals surface area (Å²) in [5.74, 6) is -2.66. The van der Waals surface area contributed by atoms with Crippen LogP contribution in [0.25, 0.3) is 0 Å². The lowest BCUT2D eigenvalue weighted by atomic mass is 10.0. The van der Waals surface area contributed by atoms with Gasteiger partial charge in [-0.15, -0.1) is 0 Å². The second kappa shape index (κ2) is 3.61. The lowest BCUT2D eigenvalue weighted by Crippen LogP contribution is -2.32. The molecule has 0 aliphatic rings. The Morgan fingerprint density at radius 3 is 2.71 bits per heavy atom. The Labute approximate surface area is 80.2 Å². The predicted octanol–water partition coefficient (Wildman–Crippen LogP) is 0.956. The minimum absolute atomic E-state index is 0.0636. The molecule has 0 spiro atoms. The molecule has 0 aromatic carbocycles. The lowest BCUT2D eigenvalue weighted by molar-refractivity contribution is -0.614. The number of hydrogen-bond donors (Lipinski definition) is 1. The molecule has 0 amide bonds. The zero-order chi connectivity index (χ0) is 10.9. The molecule has 1 N–H and O–H groups in total. The third kappa shape index (κ3) is 1.81. The number of hydrogen-bond acceptors (Lipinski definition) is 2. The number of aliphatic carboxylic acids is 1. The van der Waals surface area contributed by atoms with Crippen molar-refractivity contribution in [3.63, 3.8) is 0 Å². The molecule has 14 heavy (non-hydrogen) atoms. The smallest absolute Gasteiger partial charge is 0.310 e. The van der Waals surface area contributed by atoms with Crippen molar-refractivity contribution >= 4 is 5.97 Å². The SMILES string of the molecule is Cc1c(F)cc(C(C)C(=O)O)c[n+]1[O-]. The van der Waals surface area contributed by atoms with Gasteiger partial charge in [-0.05, 0) is 13.0 Å². The maximum atomic E-state index is 13.1. The maximum Gasteiger partial charge on any atom is 0.310 e. The molecule has 0 saturated carbocycles. The summed E-state index contributed by atoms with van der Waals surface area (Å²) < 4.78 is 13.4. The van der Waals surface area contributed by atoms with E-state index in [0.29, 0.717) is 4.73 Å². The average Bonchev–Trinajstić information content (AvgIpc) is 2.12. The van der Waals surface area contributed by atoms with Crippen molar-refractivity contribution in [1.29, 1.82) is 0 Å². The summed E-state index contributed by atoms with van der Waals surface area (Å²) in [7, 11) is 0. The first-order valence-electron chi connectivity index (χ1n) is 4.05. The quantitative estimate of drug-likeness (QED) is 0.569. The highest BCUT2D eigenvalue weighted by molar-refractivity contribution is 5.75. The summed E-state index contributed by atoms with van der Waals surface area (Å²) in [6.07, 6.45) is 1.08. The fourth-order valence-electron chi connectivity index (χ4n) is 1.00. The number of carboxylic acids is 1. The molecule has 1 atom stereocenters. The van der Waals surface area contributed by atoms with Gasteiger partial charge in [0.2, 0.25) is 5.69 Å². The van der Waals surface area contributed by atoms with Crippen molar-refractivity contribution in [2.75, 3.05) is 0 Å². The molecule has 5 heteroatoms. The lowest BCUT2D eigenvalue weighted by Gasteiger charge is -2.07. The van der Waals surface area contributed by atoms with Gasteiger partial charge in [-0.1, -0.05) is 0 Å². The predicted molar refractivity (Wildman–Crippen MR) is 46.1 cm³/mol. The number of aromatic nitrogens is 1. The number of carbonyl (C=O) groups is 1. The third-order valence-corrected chi connectivity index (χ3v) is 2.11. The molecular weight excluding hydrogens is 189 g/mol. The fourth-order valence-corrected chi connectivity index (χ4v) is 1.00. The number of nitrogens with zero attached hydrogens (tertiary/aromatic N) is 1. The number of pyridine rings is 1. The molecule has 0 fully saturated rings. The van der Waals surface area contributed by atoms with Crippen LogP contribution in [-0.2, 0) is 4.79 Å². The van der Waals surface area contributed by atoms with Crippen LogP contribution in [0.1, 0.15) is 24.1 Å². The second-order valence-electron chi connectivity index (χ2n) is 3.09. The largest absolute Gasteiger partial charge is 0.618 e. The van der Waals surface area contributed by atoms with Gasteiger partial charge in [-0.2, -0.15) is 9.12 Å². The average molecular weight is 199 g/mol. The van der Waals surface area contributed by atoms with Gasteiger partial charge >= 0.3 is 5.97 Å². The zero-order valence-corrected chi connectivity index (χ0v) is 7.82. The van der Waals surface area contributed by atoms with Crippen LogP contribution >= 0.6 is 0 Å². The first-order chi connectivity index (χ1) is 6.43. The second-order valence-corrected chi connectivity index (χ2v) is 3.09. The molecule has 1 rings (SSSR count). The number of carboxylic acid groups (broad SMARTS) is 1. The monoisotopic (exact) mass is 199 g/mol. The summed E-state index contributed by atoms with van der Waals surface area (Å²) in [5, 5.41) is 19.7. The van der Waals surface area contributed by atoms with E-state index in [2.05, 4.69) is 0 Å². The van der Waals surface area contributed by atoms with Gasteiger partial charge in [0, 0.05) is 12.5 Å². The van der Waals surface area contributed by atoms with Gasteiger partial charge in [0.05, 0.1) is 5.92 Å². The number of halogens is 1. The molecule has 4 nitrogen and oxygen atoms in total. The zero-order valence-electron chi connectivity index (χ0n) is 7.82. The van der Waals surface area contributed by atoms with Gasteiger partial charge in [-0.25, -0.2) is 0 Å². The maximum absolute atomic E-state index is 13.1. The Hall–Kier alpha value is -1.65. The molecule has 1 aromatic heterocycles. The van der Waals surface area contributed by atoms with E-state index < -0.39 is 17.7 Å².